The Labute approximate surface area is 162 Å². The first kappa shape index (κ1) is 18.9. The number of aromatic nitrogens is 2. The van der Waals surface area contributed by atoms with Gasteiger partial charge >= 0.3 is 0 Å². The molecule has 2 aromatic carbocycles. The summed E-state index contributed by atoms with van der Waals surface area (Å²) in [4.78, 5) is 24.8. The third-order valence-electron chi connectivity index (χ3n) is 4.49. The van der Waals surface area contributed by atoms with Crippen LogP contribution in [-0.2, 0) is 4.79 Å². The van der Waals surface area contributed by atoms with E-state index in [0.29, 0.717) is 16.4 Å². The number of hydrogen-bond donors (Lipinski definition) is 1. The molecule has 0 bridgehead atoms. The number of carbonyl (C=O) groups excluding carboxylic acids is 1. The molecule has 0 unspecified atom stereocenters. The molecule has 138 valence electrons. The van der Waals surface area contributed by atoms with Crippen molar-refractivity contribution in [3.05, 3.63) is 81.1 Å². The maximum atomic E-state index is 12.6. The van der Waals surface area contributed by atoms with E-state index in [2.05, 4.69) is 10.4 Å². The molecule has 1 aromatic heterocycles. The SMILES string of the molecule is Cc1ccc(-c2ccc(=O)n([C@H](C)C(=O)Nc3ccc(Cl)cc3)n2)cc1C. The highest BCUT2D eigenvalue weighted by atomic mass is 35.5. The van der Waals surface area contributed by atoms with Gasteiger partial charge in [-0.15, -0.1) is 0 Å². The molecule has 27 heavy (non-hydrogen) atoms. The molecule has 1 heterocycles. The summed E-state index contributed by atoms with van der Waals surface area (Å²) in [6, 6.07) is 15.1. The lowest BCUT2D eigenvalue weighted by atomic mass is 10.0. The Balaban J connectivity index is 1.88. The Bertz CT molecular complexity index is 1040. The Hall–Kier alpha value is -2.92. The molecule has 6 heteroatoms. The molecule has 1 atom stereocenters. The highest BCUT2D eigenvalue weighted by Gasteiger charge is 2.18. The van der Waals surface area contributed by atoms with E-state index >= 15 is 0 Å². The minimum Gasteiger partial charge on any atom is -0.324 e. The van der Waals surface area contributed by atoms with Gasteiger partial charge in [0.15, 0.2) is 0 Å². The Morgan fingerprint density at radius 3 is 2.41 bits per heavy atom. The fourth-order valence-electron chi connectivity index (χ4n) is 2.65. The Morgan fingerprint density at radius 2 is 1.74 bits per heavy atom. The number of amides is 1. The molecule has 0 aliphatic rings. The van der Waals surface area contributed by atoms with Crippen LogP contribution in [0.4, 0.5) is 5.69 Å². The molecular formula is C21H20ClN3O2. The van der Waals surface area contributed by atoms with Crippen LogP contribution in [0.15, 0.2) is 59.4 Å². The molecule has 0 saturated carbocycles. The zero-order valence-corrected chi connectivity index (χ0v) is 16.1. The third-order valence-corrected chi connectivity index (χ3v) is 4.74. The van der Waals surface area contributed by atoms with E-state index in [1.165, 1.54) is 16.3 Å². The van der Waals surface area contributed by atoms with E-state index < -0.39 is 6.04 Å². The van der Waals surface area contributed by atoms with Crippen molar-refractivity contribution in [3.63, 3.8) is 0 Å². The van der Waals surface area contributed by atoms with Gasteiger partial charge < -0.3 is 5.32 Å². The van der Waals surface area contributed by atoms with Crippen molar-refractivity contribution in [2.45, 2.75) is 26.8 Å². The van der Waals surface area contributed by atoms with Crippen molar-refractivity contribution in [2.24, 2.45) is 0 Å². The van der Waals surface area contributed by atoms with E-state index in [4.69, 9.17) is 11.6 Å². The molecule has 0 radical (unpaired) electrons. The van der Waals surface area contributed by atoms with Crippen LogP contribution in [0.2, 0.25) is 5.02 Å². The van der Waals surface area contributed by atoms with Gasteiger partial charge in [0.2, 0.25) is 5.91 Å². The average molecular weight is 382 g/mol. The van der Waals surface area contributed by atoms with Crippen LogP contribution in [0, 0.1) is 13.8 Å². The summed E-state index contributed by atoms with van der Waals surface area (Å²) in [6.07, 6.45) is 0. The summed E-state index contributed by atoms with van der Waals surface area (Å²) in [6.45, 7) is 5.71. The summed E-state index contributed by atoms with van der Waals surface area (Å²) in [5.74, 6) is -0.329. The van der Waals surface area contributed by atoms with Gasteiger partial charge in [0, 0.05) is 22.3 Å². The Morgan fingerprint density at radius 1 is 1.04 bits per heavy atom. The van der Waals surface area contributed by atoms with E-state index in [9.17, 15) is 9.59 Å². The second-order valence-corrected chi connectivity index (χ2v) is 6.91. The molecular weight excluding hydrogens is 362 g/mol. The van der Waals surface area contributed by atoms with Gasteiger partial charge in [-0.25, -0.2) is 4.68 Å². The lowest BCUT2D eigenvalue weighted by Crippen LogP contribution is -2.33. The summed E-state index contributed by atoms with van der Waals surface area (Å²) >= 11 is 5.86. The van der Waals surface area contributed by atoms with Gasteiger partial charge in [0.1, 0.15) is 6.04 Å². The lowest BCUT2D eigenvalue weighted by Gasteiger charge is -2.15. The standard InChI is InChI=1S/C21H20ClN3O2/c1-13-4-5-16(12-14(13)2)19-10-11-20(26)25(24-19)15(3)21(27)23-18-8-6-17(22)7-9-18/h4-12,15H,1-3H3,(H,23,27)/t15-/m1/s1. The van der Waals surface area contributed by atoms with Gasteiger partial charge in [-0.3, -0.25) is 9.59 Å². The number of hydrogen-bond acceptors (Lipinski definition) is 3. The van der Waals surface area contributed by atoms with E-state index in [-0.39, 0.29) is 11.5 Å². The zero-order valence-electron chi connectivity index (χ0n) is 15.4. The van der Waals surface area contributed by atoms with Gasteiger partial charge in [-0.05, 0) is 68.3 Å². The van der Waals surface area contributed by atoms with Gasteiger partial charge in [-0.1, -0.05) is 23.7 Å². The highest BCUT2D eigenvalue weighted by Crippen LogP contribution is 2.20. The van der Waals surface area contributed by atoms with Crippen LogP contribution >= 0.6 is 11.6 Å². The second kappa shape index (κ2) is 7.76. The van der Waals surface area contributed by atoms with Crippen LogP contribution in [0.1, 0.15) is 24.1 Å². The predicted molar refractivity (Wildman–Crippen MR) is 108 cm³/mol. The Kier molecular flexibility index (Phi) is 5.42. The van der Waals surface area contributed by atoms with Crippen molar-refractivity contribution in [1.82, 2.24) is 9.78 Å². The molecule has 3 aromatic rings. The third kappa shape index (κ3) is 4.26. The van der Waals surface area contributed by atoms with Gasteiger partial charge in [-0.2, -0.15) is 5.10 Å². The van der Waals surface area contributed by atoms with E-state index in [1.54, 1.807) is 37.3 Å². The topological polar surface area (TPSA) is 64.0 Å². The number of carbonyl (C=O) groups is 1. The van der Waals surface area contributed by atoms with E-state index in [0.717, 1.165) is 11.1 Å². The summed E-state index contributed by atoms with van der Waals surface area (Å²) in [5.41, 5.74) is 4.14. The minimum atomic E-state index is -0.764. The first-order valence-corrected chi connectivity index (χ1v) is 8.97. The number of aryl methyl sites for hydroxylation is 2. The summed E-state index contributed by atoms with van der Waals surface area (Å²) < 4.78 is 1.20. The van der Waals surface area contributed by atoms with Crippen molar-refractivity contribution >= 4 is 23.2 Å². The van der Waals surface area contributed by atoms with Gasteiger partial charge in [0.25, 0.3) is 5.56 Å². The van der Waals surface area contributed by atoms with Gasteiger partial charge in [0.05, 0.1) is 5.69 Å². The number of nitrogens with zero attached hydrogens (tertiary/aromatic N) is 2. The zero-order chi connectivity index (χ0) is 19.6. The fourth-order valence-corrected chi connectivity index (χ4v) is 2.77. The summed E-state index contributed by atoms with van der Waals surface area (Å²) in [5, 5.41) is 7.77. The van der Waals surface area contributed by atoms with Crippen molar-refractivity contribution in [2.75, 3.05) is 5.32 Å². The minimum absolute atomic E-state index is 0.329. The lowest BCUT2D eigenvalue weighted by molar-refractivity contribution is -0.119. The summed E-state index contributed by atoms with van der Waals surface area (Å²) in [7, 11) is 0. The number of anilines is 1. The molecule has 3 rings (SSSR count). The number of rotatable bonds is 4. The van der Waals surface area contributed by atoms with Crippen molar-refractivity contribution < 1.29 is 4.79 Å². The normalized spacial score (nSPS) is 11.9. The molecule has 0 aliphatic heterocycles. The molecule has 0 saturated heterocycles. The fraction of sp³-hybridized carbons (Fsp3) is 0.190. The van der Waals surface area contributed by atoms with Crippen LogP contribution in [0.5, 0.6) is 0 Å². The first-order chi connectivity index (χ1) is 12.8. The molecule has 1 amide bonds. The van der Waals surface area contributed by atoms with Crippen LogP contribution in [0.3, 0.4) is 0 Å². The van der Waals surface area contributed by atoms with Crippen LogP contribution < -0.4 is 10.9 Å². The maximum absolute atomic E-state index is 12.6. The highest BCUT2D eigenvalue weighted by molar-refractivity contribution is 6.30. The monoisotopic (exact) mass is 381 g/mol. The predicted octanol–water partition coefficient (Wildman–Crippen LogP) is 4.38. The van der Waals surface area contributed by atoms with Crippen molar-refractivity contribution in [3.8, 4) is 11.3 Å². The largest absolute Gasteiger partial charge is 0.324 e. The number of halogens is 1. The molecule has 0 fully saturated rings. The quantitative estimate of drug-likeness (QED) is 0.729. The molecule has 5 nitrogen and oxygen atoms in total. The average Bonchev–Trinajstić information content (AvgIpc) is 2.65. The van der Waals surface area contributed by atoms with Crippen LogP contribution in [0.25, 0.3) is 11.3 Å². The molecule has 1 N–H and O–H groups in total. The van der Waals surface area contributed by atoms with E-state index in [1.807, 2.05) is 32.0 Å². The van der Waals surface area contributed by atoms with Crippen molar-refractivity contribution in [1.29, 1.82) is 0 Å². The number of nitrogens with one attached hydrogen (secondary N) is 1. The second-order valence-electron chi connectivity index (χ2n) is 6.47. The van der Waals surface area contributed by atoms with Crippen LogP contribution in [-0.4, -0.2) is 15.7 Å². The number of benzene rings is 2. The smallest absolute Gasteiger partial charge is 0.267 e. The molecule has 0 aliphatic carbocycles. The maximum Gasteiger partial charge on any atom is 0.267 e. The molecule has 0 spiro atoms. The first-order valence-electron chi connectivity index (χ1n) is 8.59.